The molecule has 0 radical (unpaired) electrons. The highest BCUT2D eigenvalue weighted by Gasteiger charge is 2.21. The van der Waals surface area contributed by atoms with Crippen LogP contribution in [0.1, 0.15) is 25.1 Å². The molecule has 1 atom stereocenters. The summed E-state index contributed by atoms with van der Waals surface area (Å²) in [5.41, 5.74) is 0. The fourth-order valence-electron chi connectivity index (χ4n) is 1.05. The molecule has 16 heavy (non-hydrogen) atoms. The van der Waals surface area contributed by atoms with Gasteiger partial charge in [0, 0.05) is 11.1 Å². The Labute approximate surface area is 97.5 Å². The van der Waals surface area contributed by atoms with Crippen LogP contribution in [0.3, 0.4) is 0 Å². The average molecular weight is 242 g/mol. The van der Waals surface area contributed by atoms with Gasteiger partial charge in [0.2, 0.25) is 5.91 Å². The lowest BCUT2D eigenvalue weighted by molar-refractivity contribution is -0.144. The normalized spacial score (nSPS) is 12.1. The summed E-state index contributed by atoms with van der Waals surface area (Å²) in [6, 6.07) is 0. The largest absolute Gasteiger partial charge is 0.481 e. The van der Waals surface area contributed by atoms with E-state index in [9.17, 15) is 9.59 Å². The van der Waals surface area contributed by atoms with E-state index in [1.165, 1.54) is 18.3 Å². The molecular formula is C10H14N2O3S. The lowest BCUT2D eigenvalue weighted by Gasteiger charge is -2.04. The maximum atomic E-state index is 11.4. The number of amides is 1. The molecule has 0 bridgehead atoms. The number of rotatable bonds is 5. The maximum Gasteiger partial charge on any atom is 0.315 e. The van der Waals surface area contributed by atoms with E-state index < -0.39 is 17.8 Å². The number of aryl methyl sites for hydroxylation is 1. The van der Waals surface area contributed by atoms with Crippen molar-refractivity contribution in [3.05, 3.63) is 11.1 Å². The molecular weight excluding hydrogens is 228 g/mol. The minimum absolute atomic E-state index is 0.460. The van der Waals surface area contributed by atoms with Crippen molar-refractivity contribution in [2.24, 2.45) is 5.92 Å². The number of anilines is 1. The zero-order valence-electron chi connectivity index (χ0n) is 9.19. The first-order valence-corrected chi connectivity index (χ1v) is 5.84. The van der Waals surface area contributed by atoms with E-state index in [0.29, 0.717) is 5.13 Å². The van der Waals surface area contributed by atoms with Gasteiger partial charge in [0.1, 0.15) is 5.92 Å². The Morgan fingerprint density at radius 3 is 2.88 bits per heavy atom. The van der Waals surface area contributed by atoms with E-state index in [1.54, 1.807) is 6.20 Å². The Morgan fingerprint density at radius 2 is 2.31 bits per heavy atom. The van der Waals surface area contributed by atoms with Gasteiger partial charge in [-0.15, -0.1) is 11.3 Å². The molecule has 2 N–H and O–H groups in total. The van der Waals surface area contributed by atoms with Crippen LogP contribution in [0.15, 0.2) is 6.20 Å². The molecule has 0 fully saturated rings. The van der Waals surface area contributed by atoms with Gasteiger partial charge in [-0.2, -0.15) is 0 Å². The first-order valence-electron chi connectivity index (χ1n) is 5.03. The predicted octanol–water partition coefficient (Wildman–Crippen LogP) is 1.75. The Bertz CT molecular complexity index is 389. The third-order valence-corrected chi connectivity index (χ3v) is 3.02. The highest BCUT2D eigenvalue weighted by atomic mass is 32.1. The molecule has 0 saturated carbocycles. The molecule has 1 heterocycles. The van der Waals surface area contributed by atoms with Crippen molar-refractivity contribution in [3.63, 3.8) is 0 Å². The number of nitrogens with zero attached hydrogens (tertiary/aromatic N) is 1. The summed E-state index contributed by atoms with van der Waals surface area (Å²) in [6.07, 6.45) is 3.64. The molecule has 1 aromatic rings. The van der Waals surface area contributed by atoms with E-state index in [1.807, 2.05) is 0 Å². The van der Waals surface area contributed by atoms with Crippen molar-refractivity contribution in [2.45, 2.75) is 26.7 Å². The number of hydrogen-bond donors (Lipinski definition) is 2. The minimum Gasteiger partial charge on any atom is -0.481 e. The van der Waals surface area contributed by atoms with Gasteiger partial charge in [-0.3, -0.25) is 9.59 Å². The smallest absolute Gasteiger partial charge is 0.315 e. The summed E-state index contributed by atoms with van der Waals surface area (Å²) in [5.74, 6) is -2.73. The highest BCUT2D eigenvalue weighted by Crippen LogP contribution is 2.19. The van der Waals surface area contributed by atoms with Crippen LogP contribution in [0.5, 0.6) is 0 Å². The zero-order valence-corrected chi connectivity index (χ0v) is 10.0. The topological polar surface area (TPSA) is 79.3 Å². The van der Waals surface area contributed by atoms with E-state index in [-0.39, 0.29) is 0 Å². The maximum absolute atomic E-state index is 11.4. The van der Waals surface area contributed by atoms with E-state index in [2.05, 4.69) is 17.2 Å². The number of aliphatic carboxylic acids is 1. The van der Waals surface area contributed by atoms with Gasteiger partial charge >= 0.3 is 5.97 Å². The molecule has 0 saturated heterocycles. The second kappa shape index (κ2) is 5.60. The molecule has 1 rings (SSSR count). The molecule has 1 aromatic heterocycles. The van der Waals surface area contributed by atoms with Crippen LogP contribution < -0.4 is 5.32 Å². The molecule has 6 heteroatoms. The number of thiazole rings is 1. The Hall–Kier alpha value is -1.43. The summed E-state index contributed by atoms with van der Waals surface area (Å²) in [5, 5.41) is 11.6. The van der Waals surface area contributed by atoms with Crippen molar-refractivity contribution in [1.29, 1.82) is 0 Å². The van der Waals surface area contributed by atoms with Crippen LogP contribution in [-0.4, -0.2) is 22.0 Å². The van der Waals surface area contributed by atoms with Crippen LogP contribution >= 0.6 is 11.3 Å². The minimum atomic E-state index is -1.14. The lowest BCUT2D eigenvalue weighted by atomic mass is 10.2. The molecule has 0 aliphatic rings. The molecule has 5 nitrogen and oxygen atoms in total. The molecule has 0 aromatic carbocycles. The third kappa shape index (κ3) is 3.30. The fraction of sp³-hybridized carbons (Fsp3) is 0.500. The summed E-state index contributed by atoms with van der Waals surface area (Å²) in [7, 11) is 0. The van der Waals surface area contributed by atoms with Crippen LogP contribution in [-0.2, 0) is 16.0 Å². The SMILES string of the molecule is CCCc1cnc(NC(=O)C(C)C(=O)O)s1. The molecule has 88 valence electrons. The first kappa shape index (κ1) is 12.6. The van der Waals surface area contributed by atoms with Gasteiger partial charge in [-0.1, -0.05) is 13.3 Å². The van der Waals surface area contributed by atoms with Gasteiger partial charge in [-0.05, 0) is 13.3 Å². The second-order valence-electron chi connectivity index (χ2n) is 3.43. The van der Waals surface area contributed by atoms with Crippen molar-refractivity contribution < 1.29 is 14.7 Å². The van der Waals surface area contributed by atoms with Crippen molar-refractivity contribution in [1.82, 2.24) is 4.98 Å². The van der Waals surface area contributed by atoms with Crippen molar-refractivity contribution in [2.75, 3.05) is 5.32 Å². The Balaban J connectivity index is 2.59. The van der Waals surface area contributed by atoms with Gasteiger partial charge in [-0.25, -0.2) is 4.98 Å². The molecule has 0 aliphatic heterocycles. The number of hydrogen-bond acceptors (Lipinski definition) is 4. The fourth-order valence-corrected chi connectivity index (χ4v) is 1.97. The standard InChI is InChI=1S/C10H14N2O3S/c1-3-4-7-5-11-10(16-7)12-8(13)6(2)9(14)15/h5-6H,3-4H2,1-2H3,(H,14,15)(H,11,12,13). The van der Waals surface area contributed by atoms with Gasteiger partial charge in [0.05, 0.1) is 0 Å². The lowest BCUT2D eigenvalue weighted by Crippen LogP contribution is -2.26. The first-order chi connectivity index (χ1) is 7.54. The molecule has 0 aliphatic carbocycles. The quantitative estimate of drug-likeness (QED) is 0.771. The molecule has 1 unspecified atom stereocenters. The Kier molecular flexibility index (Phi) is 4.42. The van der Waals surface area contributed by atoms with Gasteiger partial charge < -0.3 is 10.4 Å². The van der Waals surface area contributed by atoms with Crippen LogP contribution in [0.2, 0.25) is 0 Å². The second-order valence-corrected chi connectivity index (χ2v) is 4.55. The van der Waals surface area contributed by atoms with E-state index in [4.69, 9.17) is 5.11 Å². The number of carbonyl (C=O) groups is 2. The monoisotopic (exact) mass is 242 g/mol. The number of carboxylic acid groups (broad SMARTS) is 1. The number of carbonyl (C=O) groups excluding carboxylic acids is 1. The molecule has 0 spiro atoms. The highest BCUT2D eigenvalue weighted by molar-refractivity contribution is 7.15. The van der Waals surface area contributed by atoms with Gasteiger partial charge in [0.25, 0.3) is 0 Å². The summed E-state index contributed by atoms with van der Waals surface area (Å²) in [4.78, 5) is 27.1. The number of aromatic nitrogens is 1. The van der Waals surface area contributed by atoms with Crippen LogP contribution in [0, 0.1) is 5.92 Å². The summed E-state index contributed by atoms with van der Waals surface area (Å²) < 4.78 is 0. The number of nitrogens with one attached hydrogen (secondary N) is 1. The van der Waals surface area contributed by atoms with Gasteiger partial charge in [0.15, 0.2) is 5.13 Å². The van der Waals surface area contributed by atoms with Crippen LogP contribution in [0.25, 0.3) is 0 Å². The summed E-state index contributed by atoms with van der Waals surface area (Å²) in [6.45, 7) is 3.41. The third-order valence-electron chi connectivity index (χ3n) is 2.04. The van der Waals surface area contributed by atoms with Crippen molar-refractivity contribution >= 4 is 28.3 Å². The Morgan fingerprint density at radius 1 is 1.62 bits per heavy atom. The zero-order chi connectivity index (χ0) is 12.1. The average Bonchev–Trinajstić information content (AvgIpc) is 2.65. The van der Waals surface area contributed by atoms with E-state index >= 15 is 0 Å². The van der Waals surface area contributed by atoms with E-state index in [0.717, 1.165) is 17.7 Å². The van der Waals surface area contributed by atoms with Crippen molar-refractivity contribution in [3.8, 4) is 0 Å². The van der Waals surface area contributed by atoms with Crippen LogP contribution in [0.4, 0.5) is 5.13 Å². The molecule has 1 amide bonds. The predicted molar refractivity (Wildman–Crippen MR) is 61.5 cm³/mol. The summed E-state index contributed by atoms with van der Waals surface area (Å²) >= 11 is 1.38. The number of carboxylic acids is 1.